The number of fused-ring (bicyclic) bond motifs is 4. The van der Waals surface area contributed by atoms with Crippen molar-refractivity contribution in [3.8, 4) is 0 Å². The maximum absolute atomic E-state index is 2.79. The summed E-state index contributed by atoms with van der Waals surface area (Å²) in [7, 11) is -2.79. The molecule has 4 aromatic carbocycles. The molecule has 1 aliphatic heterocycles. The summed E-state index contributed by atoms with van der Waals surface area (Å²) in [5, 5.41) is 6.24. The Labute approximate surface area is 258 Å². The molecule has 0 bridgehead atoms. The maximum Gasteiger partial charge on any atom is 0.453 e. The highest BCUT2D eigenvalue weighted by Gasteiger charge is 2.51. The van der Waals surface area contributed by atoms with Crippen molar-refractivity contribution in [1.82, 2.24) is 0 Å². The van der Waals surface area contributed by atoms with Crippen molar-refractivity contribution < 1.29 is 0 Å². The Hall–Kier alpha value is -3.70. The lowest BCUT2D eigenvalue weighted by Crippen LogP contribution is -2.77. The number of benzene rings is 4. The first kappa shape index (κ1) is 24.9. The largest absolute Gasteiger partial charge is 0.453 e. The number of allylic oxidation sites excluding steroid dienone is 10. The van der Waals surface area contributed by atoms with Gasteiger partial charge in [-0.1, -0.05) is 156 Å². The van der Waals surface area contributed by atoms with Gasteiger partial charge >= 0.3 is 20.4 Å². The molecule has 0 radical (unpaired) electrons. The molecule has 2 atom stereocenters. The quantitative estimate of drug-likeness (QED) is 0.253. The van der Waals surface area contributed by atoms with Crippen molar-refractivity contribution >= 4 is 56.6 Å². The Bertz CT molecular complexity index is 1870. The van der Waals surface area contributed by atoms with Crippen LogP contribution in [0.2, 0.25) is 0 Å². The fraction of sp³-hybridized carbons (Fsp3) is 0.100. The second-order valence-electron chi connectivity index (χ2n) is 12.4. The second-order valence-corrected chi connectivity index (χ2v) is 17.8. The normalized spacial score (nSPS) is 21.2. The van der Waals surface area contributed by atoms with E-state index in [-0.39, 0.29) is 0 Å². The van der Waals surface area contributed by atoms with Crippen LogP contribution in [0.1, 0.15) is 45.2 Å². The van der Waals surface area contributed by atoms with E-state index in [4.69, 9.17) is 0 Å². The van der Waals surface area contributed by atoms with Crippen LogP contribution < -0.4 is 20.7 Å². The van der Waals surface area contributed by atoms with Gasteiger partial charge in [0, 0.05) is 11.8 Å². The van der Waals surface area contributed by atoms with Crippen LogP contribution in [0.25, 0.3) is 7.40 Å². The SMILES string of the molecule is Cc1ccc2c3c1[Si](c1ccccc1)(c1ccccc1)c1c(C)ccc4c1[C](=C1C=CC=CC14)[Mg][C]3=C1C=CC=CC12. The van der Waals surface area contributed by atoms with Gasteiger partial charge in [-0.05, 0) is 56.8 Å². The van der Waals surface area contributed by atoms with Gasteiger partial charge in [-0.2, -0.15) is 7.40 Å². The number of hydrogen-bond donors (Lipinski definition) is 0. The van der Waals surface area contributed by atoms with Crippen molar-refractivity contribution in [3.63, 3.8) is 0 Å². The van der Waals surface area contributed by atoms with Crippen molar-refractivity contribution in [2.45, 2.75) is 25.7 Å². The van der Waals surface area contributed by atoms with E-state index in [0.29, 0.717) is 11.8 Å². The Morgan fingerprint density at radius 2 is 0.976 bits per heavy atom. The molecule has 2 unspecified atom stereocenters. The van der Waals surface area contributed by atoms with Crippen LogP contribution in [-0.2, 0) is 0 Å². The van der Waals surface area contributed by atoms with E-state index in [1.165, 1.54) is 32.6 Å². The van der Waals surface area contributed by atoms with Gasteiger partial charge in [0.05, 0.1) is 0 Å². The van der Waals surface area contributed by atoms with E-state index < -0.39 is 28.4 Å². The molecule has 4 aliphatic carbocycles. The summed E-state index contributed by atoms with van der Waals surface area (Å²) in [6.45, 7) is 4.79. The minimum atomic E-state index is -2.79. The lowest BCUT2D eigenvalue weighted by atomic mass is 9.92. The molecule has 0 amide bonds. The van der Waals surface area contributed by atoms with Crippen LogP contribution in [-0.4, -0.2) is 28.4 Å². The molecule has 2 heteroatoms. The van der Waals surface area contributed by atoms with Gasteiger partial charge in [0.1, 0.15) is 0 Å². The smallest absolute Gasteiger partial charge is 0.154 e. The minimum absolute atomic E-state index is 0.358. The number of aryl methyl sites for hydroxylation is 2. The van der Waals surface area contributed by atoms with E-state index in [9.17, 15) is 0 Å². The van der Waals surface area contributed by atoms with Crippen LogP contribution >= 0.6 is 0 Å². The number of rotatable bonds is 2. The van der Waals surface area contributed by atoms with E-state index in [1.54, 1.807) is 40.1 Å². The monoisotopic (exact) mass is 562 g/mol. The Morgan fingerprint density at radius 1 is 0.524 bits per heavy atom. The van der Waals surface area contributed by atoms with Gasteiger partial charge in [0.2, 0.25) is 0 Å². The zero-order valence-electron chi connectivity index (χ0n) is 24.1. The second kappa shape index (κ2) is 9.15. The summed E-state index contributed by atoms with van der Waals surface area (Å²) >= 11 is -0.794. The highest BCUT2D eigenvalue weighted by atomic mass is 28.3. The van der Waals surface area contributed by atoms with E-state index in [2.05, 4.69) is 147 Å². The third-order valence-corrected chi connectivity index (χ3v) is 17.8. The average Bonchev–Trinajstić information content (AvgIpc) is 3.52. The molecule has 4 aromatic rings. The highest BCUT2D eigenvalue weighted by Crippen LogP contribution is 2.51. The molecular formula is C40H30MgSi. The molecule has 5 aliphatic rings. The number of hydrogen-bond acceptors (Lipinski definition) is 0. The van der Waals surface area contributed by atoms with Crippen molar-refractivity contribution in [2.75, 3.05) is 0 Å². The van der Waals surface area contributed by atoms with E-state index in [0.717, 1.165) is 0 Å². The van der Waals surface area contributed by atoms with Gasteiger partial charge in [-0.15, -0.1) is 0 Å². The highest BCUT2D eigenvalue weighted by molar-refractivity contribution is 7.21. The zero-order valence-corrected chi connectivity index (χ0v) is 26.5. The summed E-state index contributed by atoms with van der Waals surface area (Å²) in [6.07, 6.45) is 18.8. The Kier molecular flexibility index (Phi) is 5.42. The molecule has 0 N–H and O–H groups in total. The molecular weight excluding hydrogens is 533 g/mol. The summed E-state index contributed by atoms with van der Waals surface area (Å²) in [4.78, 5) is 0. The fourth-order valence-electron chi connectivity index (χ4n) is 8.88. The lowest BCUT2D eigenvalue weighted by Gasteiger charge is -2.42. The topological polar surface area (TPSA) is 0 Å². The molecule has 9 rings (SSSR count). The molecule has 0 fully saturated rings. The molecule has 0 nitrogen and oxygen atoms in total. The predicted molar refractivity (Wildman–Crippen MR) is 181 cm³/mol. The lowest BCUT2D eigenvalue weighted by molar-refractivity contribution is 1.05. The Balaban J connectivity index is 1.57. The minimum Gasteiger partial charge on any atom is -0.154 e. The van der Waals surface area contributed by atoms with E-state index in [1.807, 2.05) is 0 Å². The van der Waals surface area contributed by atoms with Crippen LogP contribution in [0, 0.1) is 13.8 Å². The van der Waals surface area contributed by atoms with Crippen molar-refractivity contribution in [2.24, 2.45) is 0 Å². The molecule has 0 saturated carbocycles. The molecule has 0 spiro atoms. The van der Waals surface area contributed by atoms with Gasteiger partial charge in [0.25, 0.3) is 0 Å². The third-order valence-electron chi connectivity index (χ3n) is 10.4. The first-order chi connectivity index (χ1) is 20.7. The summed E-state index contributed by atoms with van der Waals surface area (Å²) in [5.41, 5.74) is 12.2. The molecule has 42 heavy (non-hydrogen) atoms. The van der Waals surface area contributed by atoms with Crippen LogP contribution in [0.15, 0.2) is 145 Å². The molecule has 1 heterocycles. The van der Waals surface area contributed by atoms with Gasteiger partial charge in [-0.3, -0.25) is 0 Å². The molecule has 0 aromatic heterocycles. The van der Waals surface area contributed by atoms with Crippen LogP contribution in [0.3, 0.4) is 0 Å². The van der Waals surface area contributed by atoms with Crippen LogP contribution in [0.4, 0.5) is 0 Å². The van der Waals surface area contributed by atoms with Crippen molar-refractivity contribution in [1.29, 1.82) is 0 Å². The Morgan fingerprint density at radius 3 is 1.43 bits per heavy atom. The first-order valence-corrected chi connectivity index (χ1v) is 18.7. The van der Waals surface area contributed by atoms with Gasteiger partial charge in [-0.25, -0.2) is 0 Å². The van der Waals surface area contributed by atoms with E-state index >= 15 is 0 Å². The summed E-state index contributed by atoms with van der Waals surface area (Å²) < 4.78 is 3.37. The third kappa shape index (κ3) is 3.13. The van der Waals surface area contributed by atoms with Gasteiger partial charge < -0.3 is 0 Å². The summed E-state index contributed by atoms with van der Waals surface area (Å²) in [5.74, 6) is 0.716. The zero-order chi connectivity index (χ0) is 28.0. The standard InChI is InChI=1S/C40H30Si.Mg/c1-27-21-23-35-33-19-11-9-13-29(33)25-37(35)39(27)41(31-15-5-3-6-16-31,32-17-7-4-8-18-32)40-28(2)22-24-36-34-20-12-10-14-30(34)26-38(36)40;/h3-24,33-34H,1-2H3;. The van der Waals surface area contributed by atoms with Gasteiger partial charge in [0.15, 0.2) is 8.07 Å². The summed E-state index contributed by atoms with van der Waals surface area (Å²) in [6, 6.07) is 33.0. The first-order valence-electron chi connectivity index (χ1n) is 15.2. The molecule has 0 saturated heterocycles. The predicted octanol–water partition coefficient (Wildman–Crippen LogP) is 6.27. The average molecular weight is 563 g/mol. The maximum atomic E-state index is 2.46. The fourth-order valence-corrected chi connectivity index (χ4v) is 17.6. The van der Waals surface area contributed by atoms with Crippen molar-refractivity contribution in [3.05, 3.63) is 178 Å². The van der Waals surface area contributed by atoms with Crippen LogP contribution in [0.5, 0.6) is 0 Å². The molecule has 196 valence electrons.